The van der Waals surface area contributed by atoms with E-state index < -0.39 is 0 Å². The normalized spacial score (nSPS) is 25.6. The summed E-state index contributed by atoms with van der Waals surface area (Å²) in [6.07, 6.45) is 1.12. The zero-order valence-electron chi connectivity index (χ0n) is 9.56. The van der Waals surface area contributed by atoms with Crippen molar-refractivity contribution >= 4 is 0 Å². The average molecular weight is 215 g/mol. The first-order valence-corrected chi connectivity index (χ1v) is 5.65. The summed E-state index contributed by atoms with van der Waals surface area (Å²) in [5, 5.41) is 8.75. The van der Waals surface area contributed by atoms with Crippen molar-refractivity contribution in [1.29, 1.82) is 5.26 Å². The Bertz CT molecular complexity index is 391. The molecule has 0 aliphatic carbocycles. The monoisotopic (exact) mass is 215 g/mol. The third kappa shape index (κ3) is 2.08. The highest BCUT2D eigenvalue weighted by Crippen LogP contribution is 2.33. The van der Waals surface area contributed by atoms with E-state index in [0.29, 0.717) is 12.0 Å². The number of hydrogen-bond acceptors (Lipinski definition) is 3. The molecule has 2 N–H and O–H groups in total. The molecule has 3 nitrogen and oxygen atoms in total. The van der Waals surface area contributed by atoms with Crippen molar-refractivity contribution in [3.05, 3.63) is 35.4 Å². The van der Waals surface area contributed by atoms with Gasteiger partial charge in [-0.2, -0.15) is 5.26 Å². The highest BCUT2D eigenvalue weighted by atomic mass is 15.2. The Morgan fingerprint density at radius 1 is 1.44 bits per heavy atom. The molecule has 84 valence electrons. The Balaban J connectivity index is 2.15. The fourth-order valence-electron chi connectivity index (χ4n) is 2.45. The zero-order chi connectivity index (χ0) is 11.5. The molecule has 1 aliphatic rings. The van der Waals surface area contributed by atoms with Gasteiger partial charge in [0.15, 0.2) is 0 Å². The van der Waals surface area contributed by atoms with Crippen molar-refractivity contribution in [2.24, 2.45) is 11.7 Å². The van der Waals surface area contributed by atoms with Gasteiger partial charge in [0, 0.05) is 12.6 Å². The van der Waals surface area contributed by atoms with Crippen LogP contribution >= 0.6 is 0 Å². The molecule has 0 radical (unpaired) electrons. The highest BCUT2D eigenvalue weighted by Gasteiger charge is 2.29. The lowest BCUT2D eigenvalue weighted by atomic mass is 9.99. The van der Waals surface area contributed by atoms with Crippen molar-refractivity contribution in [1.82, 2.24) is 4.90 Å². The Morgan fingerprint density at radius 3 is 2.62 bits per heavy atom. The van der Waals surface area contributed by atoms with Crippen LogP contribution in [-0.4, -0.2) is 25.0 Å². The van der Waals surface area contributed by atoms with E-state index in [1.165, 1.54) is 5.56 Å². The van der Waals surface area contributed by atoms with E-state index in [2.05, 4.69) is 30.1 Å². The largest absolute Gasteiger partial charge is 0.330 e. The van der Waals surface area contributed by atoms with Gasteiger partial charge in [0.2, 0.25) is 0 Å². The topological polar surface area (TPSA) is 53.0 Å². The van der Waals surface area contributed by atoms with Gasteiger partial charge in [-0.25, -0.2) is 0 Å². The molecule has 2 unspecified atom stereocenters. The first-order chi connectivity index (χ1) is 7.74. The van der Waals surface area contributed by atoms with E-state index >= 15 is 0 Å². The van der Waals surface area contributed by atoms with Gasteiger partial charge >= 0.3 is 0 Å². The molecule has 1 fully saturated rings. The molecular weight excluding hydrogens is 198 g/mol. The second kappa shape index (κ2) is 4.65. The molecule has 16 heavy (non-hydrogen) atoms. The number of hydrogen-bond donors (Lipinski definition) is 1. The lowest BCUT2D eigenvalue weighted by Gasteiger charge is -2.19. The number of benzene rings is 1. The lowest BCUT2D eigenvalue weighted by Crippen LogP contribution is -2.20. The van der Waals surface area contributed by atoms with Gasteiger partial charge in [0.05, 0.1) is 11.6 Å². The molecule has 1 heterocycles. The van der Waals surface area contributed by atoms with Crippen LogP contribution in [0.15, 0.2) is 24.3 Å². The zero-order valence-corrected chi connectivity index (χ0v) is 9.56. The van der Waals surface area contributed by atoms with Gasteiger partial charge in [-0.05, 0) is 43.6 Å². The van der Waals surface area contributed by atoms with Gasteiger partial charge in [-0.15, -0.1) is 0 Å². The van der Waals surface area contributed by atoms with Crippen molar-refractivity contribution in [3.63, 3.8) is 0 Å². The average Bonchev–Trinajstić information content (AvgIpc) is 2.71. The molecule has 2 rings (SSSR count). The Morgan fingerprint density at radius 2 is 2.12 bits per heavy atom. The van der Waals surface area contributed by atoms with Crippen LogP contribution in [0.25, 0.3) is 0 Å². The highest BCUT2D eigenvalue weighted by molar-refractivity contribution is 5.33. The summed E-state index contributed by atoms with van der Waals surface area (Å²) in [5.41, 5.74) is 7.72. The van der Waals surface area contributed by atoms with Crippen LogP contribution in [0.3, 0.4) is 0 Å². The Kier molecular flexibility index (Phi) is 3.23. The molecule has 0 aromatic heterocycles. The number of likely N-dealkylation sites (tertiary alicyclic amines) is 1. The third-order valence-electron chi connectivity index (χ3n) is 3.39. The summed E-state index contributed by atoms with van der Waals surface area (Å²) in [6, 6.07) is 10.5. The Hall–Kier alpha value is -1.37. The lowest BCUT2D eigenvalue weighted by molar-refractivity contribution is 0.313. The van der Waals surface area contributed by atoms with E-state index in [4.69, 9.17) is 11.0 Å². The minimum absolute atomic E-state index is 0.460. The number of nitrogens with two attached hydrogens (primary N) is 1. The number of rotatable bonds is 2. The maximum absolute atomic E-state index is 8.75. The van der Waals surface area contributed by atoms with Gasteiger partial charge in [0.1, 0.15) is 0 Å². The molecule has 0 saturated carbocycles. The van der Waals surface area contributed by atoms with E-state index in [0.717, 1.165) is 25.1 Å². The van der Waals surface area contributed by atoms with Gasteiger partial charge in [0.25, 0.3) is 0 Å². The van der Waals surface area contributed by atoms with Crippen LogP contribution in [0.1, 0.15) is 23.6 Å². The summed E-state index contributed by atoms with van der Waals surface area (Å²) in [5.74, 6) is 0.602. The molecule has 3 heteroatoms. The van der Waals surface area contributed by atoms with E-state index in [9.17, 15) is 0 Å². The smallest absolute Gasteiger partial charge is 0.0991 e. The summed E-state index contributed by atoms with van der Waals surface area (Å²) < 4.78 is 0. The quantitative estimate of drug-likeness (QED) is 0.813. The Labute approximate surface area is 96.5 Å². The third-order valence-corrected chi connectivity index (χ3v) is 3.39. The number of nitriles is 1. The van der Waals surface area contributed by atoms with Gasteiger partial charge < -0.3 is 5.73 Å². The summed E-state index contributed by atoms with van der Waals surface area (Å²) >= 11 is 0. The fraction of sp³-hybridized carbons (Fsp3) is 0.462. The SMILES string of the molecule is CN1CC(CN)CC1c1ccc(C#N)cc1. The van der Waals surface area contributed by atoms with Gasteiger partial charge in [-0.3, -0.25) is 4.90 Å². The fourth-order valence-corrected chi connectivity index (χ4v) is 2.45. The second-order valence-corrected chi connectivity index (χ2v) is 4.53. The predicted molar refractivity (Wildman–Crippen MR) is 63.7 cm³/mol. The van der Waals surface area contributed by atoms with Gasteiger partial charge in [-0.1, -0.05) is 12.1 Å². The van der Waals surface area contributed by atoms with Crippen molar-refractivity contribution in [3.8, 4) is 6.07 Å². The molecular formula is C13H17N3. The van der Waals surface area contributed by atoms with Crippen LogP contribution in [0.2, 0.25) is 0 Å². The molecule has 1 aromatic carbocycles. The van der Waals surface area contributed by atoms with Crippen LogP contribution < -0.4 is 5.73 Å². The molecule has 1 aromatic rings. The molecule has 0 amide bonds. The standard InChI is InChI=1S/C13H17N3/c1-16-9-11(8-15)6-13(16)12-4-2-10(7-14)3-5-12/h2-5,11,13H,6,8-9,15H2,1H3. The molecule has 1 saturated heterocycles. The van der Waals surface area contributed by atoms with Crippen molar-refractivity contribution < 1.29 is 0 Å². The maximum atomic E-state index is 8.75. The molecule has 0 spiro atoms. The van der Waals surface area contributed by atoms with Crippen molar-refractivity contribution in [2.75, 3.05) is 20.1 Å². The maximum Gasteiger partial charge on any atom is 0.0991 e. The second-order valence-electron chi connectivity index (χ2n) is 4.53. The van der Waals surface area contributed by atoms with Crippen LogP contribution in [-0.2, 0) is 0 Å². The molecule has 2 atom stereocenters. The van der Waals surface area contributed by atoms with Crippen LogP contribution in [0.4, 0.5) is 0 Å². The molecule has 1 aliphatic heterocycles. The van der Waals surface area contributed by atoms with E-state index in [1.807, 2.05) is 12.1 Å². The molecule has 0 bridgehead atoms. The summed E-state index contributed by atoms with van der Waals surface area (Å²) in [7, 11) is 2.14. The van der Waals surface area contributed by atoms with E-state index in [-0.39, 0.29) is 0 Å². The van der Waals surface area contributed by atoms with Crippen LogP contribution in [0.5, 0.6) is 0 Å². The predicted octanol–water partition coefficient (Wildman–Crippen LogP) is 1.51. The minimum atomic E-state index is 0.460. The summed E-state index contributed by atoms with van der Waals surface area (Å²) in [6.45, 7) is 1.83. The van der Waals surface area contributed by atoms with E-state index in [1.54, 1.807) is 0 Å². The first kappa shape index (κ1) is 11.1. The first-order valence-electron chi connectivity index (χ1n) is 5.65. The summed E-state index contributed by atoms with van der Waals surface area (Å²) in [4.78, 5) is 2.35. The van der Waals surface area contributed by atoms with Crippen LogP contribution in [0, 0.1) is 17.2 Å². The number of nitrogens with zero attached hydrogens (tertiary/aromatic N) is 2. The minimum Gasteiger partial charge on any atom is -0.330 e. The van der Waals surface area contributed by atoms with Crippen molar-refractivity contribution in [2.45, 2.75) is 12.5 Å².